The summed E-state index contributed by atoms with van der Waals surface area (Å²) in [5, 5.41) is 26.2. The first kappa shape index (κ1) is 19.7. The van der Waals surface area contributed by atoms with Crippen LogP contribution in [0.3, 0.4) is 0 Å². The second-order valence-electron chi connectivity index (χ2n) is 6.83. The third kappa shape index (κ3) is 3.65. The number of carbonyl (C=O) groups is 2. The van der Waals surface area contributed by atoms with E-state index >= 15 is 0 Å². The van der Waals surface area contributed by atoms with E-state index in [1.165, 1.54) is 17.1 Å². The largest absolute Gasteiger partial charge is 0.508 e. The van der Waals surface area contributed by atoms with Crippen LogP contribution in [0.15, 0.2) is 77.9 Å². The van der Waals surface area contributed by atoms with Gasteiger partial charge in [-0.2, -0.15) is 5.10 Å². The van der Waals surface area contributed by atoms with Gasteiger partial charge in [-0.3, -0.25) is 4.79 Å². The summed E-state index contributed by atoms with van der Waals surface area (Å²) >= 11 is 5.98. The van der Waals surface area contributed by atoms with E-state index in [-0.39, 0.29) is 16.9 Å². The molecule has 7 heteroatoms. The first-order valence-electron chi connectivity index (χ1n) is 9.23. The number of aromatic hydroxyl groups is 1. The van der Waals surface area contributed by atoms with Crippen LogP contribution in [0.5, 0.6) is 5.75 Å². The van der Waals surface area contributed by atoms with Gasteiger partial charge in [0.1, 0.15) is 5.75 Å². The lowest BCUT2D eigenvalue weighted by Crippen LogP contribution is -2.28. The minimum absolute atomic E-state index is 0.0338. The Morgan fingerprint density at radius 2 is 1.57 bits per heavy atom. The number of rotatable bonds is 4. The maximum atomic E-state index is 13.4. The second-order valence-corrected chi connectivity index (χ2v) is 7.27. The molecule has 3 aromatic carbocycles. The first-order valence-corrected chi connectivity index (χ1v) is 9.60. The van der Waals surface area contributed by atoms with Crippen LogP contribution in [0.4, 0.5) is 0 Å². The van der Waals surface area contributed by atoms with E-state index in [0.29, 0.717) is 22.7 Å². The molecule has 1 atom stereocenters. The number of aromatic carboxylic acids is 1. The van der Waals surface area contributed by atoms with Crippen LogP contribution >= 0.6 is 11.6 Å². The van der Waals surface area contributed by atoms with Crippen LogP contribution in [-0.4, -0.2) is 32.8 Å². The molecule has 0 aliphatic carbocycles. The molecule has 0 saturated heterocycles. The van der Waals surface area contributed by atoms with E-state index in [0.717, 1.165) is 5.56 Å². The normalized spacial score (nSPS) is 15.7. The lowest BCUT2D eigenvalue weighted by atomic mass is 9.97. The van der Waals surface area contributed by atoms with E-state index in [1.807, 2.05) is 12.1 Å². The van der Waals surface area contributed by atoms with E-state index < -0.39 is 17.9 Å². The van der Waals surface area contributed by atoms with Crippen LogP contribution in [-0.2, 0) is 0 Å². The van der Waals surface area contributed by atoms with Gasteiger partial charge < -0.3 is 10.2 Å². The molecule has 0 bridgehead atoms. The highest BCUT2D eigenvalue weighted by Crippen LogP contribution is 2.38. The quantitative estimate of drug-likeness (QED) is 0.638. The maximum absolute atomic E-state index is 13.4. The molecule has 4 rings (SSSR count). The van der Waals surface area contributed by atoms with Crippen LogP contribution in [0.2, 0.25) is 5.02 Å². The Balaban J connectivity index is 1.80. The first-order chi connectivity index (χ1) is 14.5. The number of amides is 1. The van der Waals surface area contributed by atoms with Gasteiger partial charge in [0.15, 0.2) is 0 Å². The lowest BCUT2D eigenvalue weighted by Gasteiger charge is -2.23. The summed E-state index contributed by atoms with van der Waals surface area (Å²) in [5.74, 6) is -1.70. The Bertz CT molecular complexity index is 1160. The van der Waals surface area contributed by atoms with Crippen molar-refractivity contribution < 1.29 is 19.8 Å². The topological polar surface area (TPSA) is 90.2 Å². The van der Waals surface area contributed by atoms with Gasteiger partial charge in [0.2, 0.25) is 0 Å². The fourth-order valence-corrected chi connectivity index (χ4v) is 3.63. The number of halogens is 1. The van der Waals surface area contributed by atoms with Crippen LogP contribution in [0.1, 0.15) is 44.3 Å². The number of para-hydroxylation sites is 1. The van der Waals surface area contributed by atoms with Gasteiger partial charge >= 0.3 is 5.97 Å². The van der Waals surface area contributed by atoms with Crippen LogP contribution in [0, 0.1) is 0 Å². The van der Waals surface area contributed by atoms with Crippen molar-refractivity contribution in [2.45, 2.75) is 12.5 Å². The zero-order valence-electron chi connectivity index (χ0n) is 15.7. The molecule has 0 saturated carbocycles. The molecule has 30 heavy (non-hydrogen) atoms. The summed E-state index contributed by atoms with van der Waals surface area (Å²) in [5.41, 5.74) is 1.90. The summed E-state index contributed by atoms with van der Waals surface area (Å²) in [4.78, 5) is 25.0. The summed E-state index contributed by atoms with van der Waals surface area (Å²) in [6, 6.07) is 19.3. The highest BCUT2D eigenvalue weighted by Gasteiger charge is 2.36. The Morgan fingerprint density at radius 3 is 2.23 bits per heavy atom. The number of nitrogens with zero attached hydrogens (tertiary/aromatic N) is 2. The van der Waals surface area contributed by atoms with E-state index in [1.54, 1.807) is 48.5 Å². The fourth-order valence-electron chi connectivity index (χ4n) is 3.51. The fraction of sp³-hybridized carbons (Fsp3) is 0.0870. The van der Waals surface area contributed by atoms with E-state index in [9.17, 15) is 19.8 Å². The van der Waals surface area contributed by atoms with Gasteiger partial charge in [0.25, 0.3) is 5.91 Å². The molecule has 1 aliphatic heterocycles. The maximum Gasteiger partial charge on any atom is 0.336 e. The summed E-state index contributed by atoms with van der Waals surface area (Å²) in [6.45, 7) is 0. The molecular weight excluding hydrogens is 404 g/mol. The van der Waals surface area contributed by atoms with Crippen molar-refractivity contribution in [2.24, 2.45) is 5.10 Å². The zero-order chi connectivity index (χ0) is 21.3. The standard InChI is InChI=1S/C23H17ClN2O4/c24-15-11-9-14(10-12-15)19-13-20(18-7-3-4-8-21(18)27)26(25-19)22(28)16-5-1-2-6-17(16)23(29)30/h1-12,20,27H,13H2,(H,29,30)/t20-/m1/s1. The average molecular weight is 421 g/mol. The van der Waals surface area contributed by atoms with Gasteiger partial charge in [-0.15, -0.1) is 0 Å². The number of phenols is 1. The molecule has 2 N–H and O–H groups in total. The number of phenolic OH excluding ortho intramolecular Hbond substituents is 1. The smallest absolute Gasteiger partial charge is 0.336 e. The molecule has 1 amide bonds. The van der Waals surface area contributed by atoms with Gasteiger partial charge in [0, 0.05) is 17.0 Å². The average Bonchev–Trinajstić information content (AvgIpc) is 3.19. The summed E-state index contributed by atoms with van der Waals surface area (Å²) in [6.07, 6.45) is 0.361. The Morgan fingerprint density at radius 1 is 0.933 bits per heavy atom. The lowest BCUT2D eigenvalue weighted by molar-refractivity contribution is 0.0660. The van der Waals surface area contributed by atoms with Crippen molar-refractivity contribution in [1.82, 2.24) is 5.01 Å². The van der Waals surface area contributed by atoms with Gasteiger partial charge in [-0.1, -0.05) is 54.1 Å². The number of carboxylic acids is 1. The summed E-state index contributed by atoms with van der Waals surface area (Å²) < 4.78 is 0. The highest BCUT2D eigenvalue weighted by molar-refractivity contribution is 6.30. The molecule has 0 unspecified atom stereocenters. The Labute approximate surface area is 177 Å². The number of carboxylic acid groups (broad SMARTS) is 1. The molecule has 150 valence electrons. The molecule has 0 spiro atoms. The zero-order valence-corrected chi connectivity index (χ0v) is 16.5. The molecule has 0 radical (unpaired) electrons. The molecular formula is C23H17ClN2O4. The van der Waals surface area contributed by atoms with Gasteiger partial charge in [-0.25, -0.2) is 9.80 Å². The SMILES string of the molecule is O=C(O)c1ccccc1C(=O)N1N=C(c2ccc(Cl)cc2)C[C@@H]1c1ccccc1O. The minimum atomic E-state index is -1.20. The molecule has 1 heterocycles. The molecule has 0 aromatic heterocycles. The third-order valence-corrected chi connectivity index (χ3v) is 5.23. The number of hydrogen-bond acceptors (Lipinski definition) is 4. The predicted molar refractivity (Wildman–Crippen MR) is 113 cm³/mol. The third-order valence-electron chi connectivity index (χ3n) is 4.98. The van der Waals surface area contributed by atoms with Crippen LogP contribution < -0.4 is 0 Å². The Kier molecular flexibility index (Phi) is 5.25. The van der Waals surface area contributed by atoms with Crippen molar-refractivity contribution in [3.8, 4) is 5.75 Å². The minimum Gasteiger partial charge on any atom is -0.508 e. The second kappa shape index (κ2) is 8.00. The molecule has 0 fully saturated rings. The van der Waals surface area contributed by atoms with Crippen molar-refractivity contribution >= 4 is 29.2 Å². The Hall–Kier alpha value is -3.64. The van der Waals surface area contributed by atoms with Crippen LogP contribution in [0.25, 0.3) is 0 Å². The molecule has 1 aliphatic rings. The van der Waals surface area contributed by atoms with Crippen molar-refractivity contribution in [3.63, 3.8) is 0 Å². The molecule has 6 nitrogen and oxygen atoms in total. The monoisotopic (exact) mass is 420 g/mol. The number of hydrogen-bond donors (Lipinski definition) is 2. The number of benzene rings is 3. The van der Waals surface area contributed by atoms with Crippen molar-refractivity contribution in [2.75, 3.05) is 0 Å². The van der Waals surface area contributed by atoms with Crippen molar-refractivity contribution in [3.05, 3.63) is 100 Å². The van der Waals surface area contributed by atoms with Gasteiger partial charge in [0.05, 0.1) is 22.9 Å². The van der Waals surface area contributed by atoms with E-state index in [2.05, 4.69) is 5.10 Å². The van der Waals surface area contributed by atoms with Crippen molar-refractivity contribution in [1.29, 1.82) is 0 Å². The summed E-state index contributed by atoms with van der Waals surface area (Å²) in [7, 11) is 0. The van der Waals surface area contributed by atoms with Gasteiger partial charge in [-0.05, 0) is 35.9 Å². The molecule has 3 aromatic rings. The number of carbonyl (C=O) groups excluding carboxylic acids is 1. The van der Waals surface area contributed by atoms with E-state index in [4.69, 9.17) is 11.6 Å². The highest BCUT2D eigenvalue weighted by atomic mass is 35.5. The number of hydrazone groups is 1. The predicted octanol–water partition coefficient (Wildman–Crippen LogP) is 4.74.